The predicted octanol–water partition coefficient (Wildman–Crippen LogP) is 24.6. The van der Waals surface area contributed by atoms with Crippen LogP contribution in [0.15, 0.2) is 109 Å². The van der Waals surface area contributed by atoms with Gasteiger partial charge in [-0.2, -0.15) is 0 Å². The Balaban J connectivity index is 4.13. The lowest BCUT2D eigenvalue weighted by Gasteiger charge is -2.18. The number of rotatable bonds is 64. The maximum absolute atomic E-state index is 12.9. The fraction of sp³-hybridized carbons (Fsp3) is 0.727. The highest BCUT2D eigenvalue weighted by molar-refractivity contribution is 5.71. The molecule has 0 aromatic rings. The molecule has 0 N–H and O–H groups in total. The first kappa shape index (κ1) is 79.1. The molecule has 0 bridgehead atoms. The summed E-state index contributed by atoms with van der Waals surface area (Å²) >= 11 is 0. The van der Waals surface area contributed by atoms with Crippen molar-refractivity contribution in [3.63, 3.8) is 0 Å². The van der Waals surface area contributed by atoms with E-state index in [-0.39, 0.29) is 31.1 Å². The molecule has 0 aromatic heterocycles. The third kappa shape index (κ3) is 68.7. The minimum Gasteiger partial charge on any atom is -0.462 e. The lowest BCUT2D eigenvalue weighted by atomic mass is 10.0. The number of hydrogen-bond acceptors (Lipinski definition) is 6. The maximum atomic E-state index is 12.9. The fourth-order valence-corrected chi connectivity index (χ4v) is 10.1. The van der Waals surface area contributed by atoms with E-state index >= 15 is 0 Å². The molecule has 6 heteroatoms. The predicted molar refractivity (Wildman–Crippen MR) is 362 cm³/mol. The molecule has 0 amide bonds. The summed E-state index contributed by atoms with van der Waals surface area (Å²) in [5.41, 5.74) is 0. The first-order valence-corrected chi connectivity index (χ1v) is 35.4. The highest BCUT2D eigenvalue weighted by Crippen LogP contribution is 2.17. The molecule has 476 valence electrons. The van der Waals surface area contributed by atoms with Crippen LogP contribution in [0, 0.1) is 0 Å². The van der Waals surface area contributed by atoms with Crippen molar-refractivity contribution >= 4 is 17.9 Å². The summed E-state index contributed by atoms with van der Waals surface area (Å²) in [5.74, 6) is -0.879. The molecule has 0 saturated heterocycles. The molecule has 0 saturated carbocycles. The third-order valence-corrected chi connectivity index (χ3v) is 15.3. The van der Waals surface area contributed by atoms with E-state index in [1.807, 2.05) is 0 Å². The summed E-state index contributed by atoms with van der Waals surface area (Å²) in [6.07, 6.45) is 97.0. The van der Waals surface area contributed by atoms with E-state index < -0.39 is 6.10 Å². The molecular weight excluding hydrogens is 1020 g/mol. The lowest BCUT2D eigenvalue weighted by Crippen LogP contribution is -2.30. The summed E-state index contributed by atoms with van der Waals surface area (Å²) in [5, 5.41) is 0. The van der Waals surface area contributed by atoms with Crippen LogP contribution in [0.3, 0.4) is 0 Å². The zero-order valence-corrected chi connectivity index (χ0v) is 54.7. The third-order valence-electron chi connectivity index (χ3n) is 15.3. The second kappa shape index (κ2) is 70.6. The molecule has 83 heavy (non-hydrogen) atoms. The Morgan fingerprint density at radius 1 is 0.253 bits per heavy atom. The Hall–Kier alpha value is -3.93. The standard InChI is InChI=1S/C77H132O6/c1-4-7-10-13-16-19-22-24-26-28-30-31-32-33-34-35-36-37-38-39-40-41-42-43-44-45-47-48-50-52-55-58-61-64-67-70-76(79)82-73-74(72-81-75(78)69-66-63-60-57-54-21-18-15-12-9-6-3)83-77(80)71-68-65-62-59-56-53-51-49-46-29-27-25-23-20-17-14-11-8-5-2/h7-8,10-11,16-17,19-20,24-27,30-31,33-34,46,49,74H,4-6,9,12-15,18,21-23,28-29,32,35-45,47-48,50-73H2,1-3H3/b10-7-,11-8-,19-16-,20-17-,26-24-,27-25-,31-30-,34-33-,49-46-. The van der Waals surface area contributed by atoms with Crippen molar-refractivity contribution in [2.24, 2.45) is 0 Å². The van der Waals surface area contributed by atoms with Crippen LogP contribution in [-0.2, 0) is 28.6 Å². The normalized spacial score (nSPS) is 12.8. The first-order valence-electron chi connectivity index (χ1n) is 35.4. The van der Waals surface area contributed by atoms with E-state index in [2.05, 4.69) is 130 Å². The average molecular weight is 1150 g/mol. The van der Waals surface area contributed by atoms with Gasteiger partial charge in [-0.25, -0.2) is 0 Å². The van der Waals surface area contributed by atoms with Gasteiger partial charge in [0.2, 0.25) is 0 Å². The number of allylic oxidation sites excluding steroid dienone is 18. The molecule has 0 radical (unpaired) electrons. The average Bonchev–Trinajstić information content (AvgIpc) is 3.48. The molecule has 0 aliphatic carbocycles. The monoisotopic (exact) mass is 1150 g/mol. The minimum absolute atomic E-state index is 0.0792. The summed E-state index contributed by atoms with van der Waals surface area (Å²) in [4.78, 5) is 38.3. The Morgan fingerprint density at radius 2 is 0.470 bits per heavy atom. The lowest BCUT2D eigenvalue weighted by molar-refractivity contribution is -0.167. The second-order valence-corrected chi connectivity index (χ2v) is 23.4. The summed E-state index contributed by atoms with van der Waals surface area (Å²) < 4.78 is 16.9. The second-order valence-electron chi connectivity index (χ2n) is 23.4. The zero-order chi connectivity index (χ0) is 59.9. The summed E-state index contributed by atoms with van der Waals surface area (Å²) in [6, 6.07) is 0. The molecule has 0 heterocycles. The van der Waals surface area contributed by atoms with Crippen molar-refractivity contribution in [3.8, 4) is 0 Å². The Bertz CT molecular complexity index is 1660. The molecule has 0 fully saturated rings. The maximum Gasteiger partial charge on any atom is 0.306 e. The molecule has 0 aromatic carbocycles. The molecule has 0 spiro atoms. The molecule has 6 nitrogen and oxygen atoms in total. The van der Waals surface area contributed by atoms with E-state index in [1.54, 1.807) is 0 Å². The van der Waals surface area contributed by atoms with Crippen LogP contribution in [0.4, 0.5) is 0 Å². The van der Waals surface area contributed by atoms with E-state index in [9.17, 15) is 14.4 Å². The van der Waals surface area contributed by atoms with Gasteiger partial charge < -0.3 is 14.2 Å². The SMILES string of the molecule is CC/C=C\C/C=C\C/C=C\C/C=C\C/C=C\CCCCCCCCCCCCCCCCCCCCCC(=O)OCC(COC(=O)CCCCCCCCCCCCC)OC(=O)CCCCCCCC/C=C\C/C=C\C/C=C\C/C=C\CC. The summed E-state index contributed by atoms with van der Waals surface area (Å²) in [6.45, 7) is 6.43. The van der Waals surface area contributed by atoms with Crippen molar-refractivity contribution in [1.82, 2.24) is 0 Å². The van der Waals surface area contributed by atoms with Gasteiger partial charge in [-0.1, -0.05) is 329 Å². The number of ether oxygens (including phenoxy) is 3. The quantitative estimate of drug-likeness (QED) is 0.0261. The number of esters is 3. The number of carbonyl (C=O) groups is 3. The van der Waals surface area contributed by atoms with Crippen molar-refractivity contribution < 1.29 is 28.6 Å². The molecule has 1 unspecified atom stereocenters. The molecule has 0 rings (SSSR count). The largest absolute Gasteiger partial charge is 0.462 e. The van der Waals surface area contributed by atoms with Crippen LogP contribution in [-0.4, -0.2) is 37.2 Å². The van der Waals surface area contributed by atoms with Crippen LogP contribution in [0.25, 0.3) is 0 Å². The van der Waals surface area contributed by atoms with E-state index in [0.717, 1.165) is 128 Å². The van der Waals surface area contributed by atoms with Gasteiger partial charge in [0, 0.05) is 19.3 Å². The molecule has 0 aliphatic rings. The van der Waals surface area contributed by atoms with E-state index in [1.165, 1.54) is 173 Å². The van der Waals surface area contributed by atoms with Crippen LogP contribution in [0.1, 0.15) is 342 Å². The minimum atomic E-state index is -0.784. The first-order chi connectivity index (χ1) is 41.0. The van der Waals surface area contributed by atoms with Crippen LogP contribution >= 0.6 is 0 Å². The van der Waals surface area contributed by atoms with Gasteiger partial charge >= 0.3 is 17.9 Å². The van der Waals surface area contributed by atoms with Gasteiger partial charge in [-0.3, -0.25) is 14.4 Å². The Morgan fingerprint density at radius 3 is 0.735 bits per heavy atom. The van der Waals surface area contributed by atoms with Gasteiger partial charge in [0.1, 0.15) is 13.2 Å². The number of hydrogen-bond donors (Lipinski definition) is 0. The van der Waals surface area contributed by atoms with Gasteiger partial charge in [0.25, 0.3) is 0 Å². The topological polar surface area (TPSA) is 78.9 Å². The van der Waals surface area contributed by atoms with Crippen molar-refractivity contribution in [3.05, 3.63) is 109 Å². The smallest absolute Gasteiger partial charge is 0.306 e. The van der Waals surface area contributed by atoms with Gasteiger partial charge in [-0.05, 0) is 103 Å². The highest BCUT2D eigenvalue weighted by Gasteiger charge is 2.19. The van der Waals surface area contributed by atoms with Crippen molar-refractivity contribution in [1.29, 1.82) is 0 Å². The highest BCUT2D eigenvalue weighted by atomic mass is 16.6. The Labute approximate surface area is 514 Å². The zero-order valence-electron chi connectivity index (χ0n) is 54.7. The number of unbranched alkanes of at least 4 members (excludes halogenated alkanes) is 35. The summed E-state index contributed by atoms with van der Waals surface area (Å²) in [7, 11) is 0. The van der Waals surface area contributed by atoms with Crippen molar-refractivity contribution in [2.75, 3.05) is 13.2 Å². The number of carbonyl (C=O) groups excluding carboxylic acids is 3. The van der Waals surface area contributed by atoms with Gasteiger partial charge in [-0.15, -0.1) is 0 Å². The van der Waals surface area contributed by atoms with Crippen molar-refractivity contribution in [2.45, 2.75) is 348 Å². The molecular formula is C77H132O6. The van der Waals surface area contributed by atoms with Gasteiger partial charge in [0.05, 0.1) is 0 Å². The fourth-order valence-electron chi connectivity index (χ4n) is 10.1. The van der Waals surface area contributed by atoms with Crippen LogP contribution in [0.5, 0.6) is 0 Å². The molecule has 1 atom stereocenters. The van der Waals surface area contributed by atoms with Gasteiger partial charge in [0.15, 0.2) is 6.10 Å². The van der Waals surface area contributed by atoms with Crippen LogP contribution < -0.4 is 0 Å². The van der Waals surface area contributed by atoms with E-state index in [0.29, 0.717) is 19.3 Å². The molecule has 0 aliphatic heterocycles. The van der Waals surface area contributed by atoms with Crippen LogP contribution in [0.2, 0.25) is 0 Å². The Kier molecular flexibility index (Phi) is 67.2. The van der Waals surface area contributed by atoms with E-state index in [4.69, 9.17) is 14.2 Å².